The standard InChI is InChI=1S/C52H48P2/c1-51(2,3)53-31-39-25-23-33-15-11-13-21-41(33)47(39)43-27-35-17-7-9-19-37(35)29-45(43)49(53)50-46-30-38-20-10-8-18-36(38)28-44(46)48-40(32-54(50)52(4,5)6)26-24-34-16-12-14-22-42(34)48/h7-30,49-50H,31-32H2,1-6H3/t49-,50-,53?,54?/m1/s1. The number of rotatable bonds is 1. The van der Waals surface area contributed by atoms with E-state index in [0.717, 1.165) is 12.3 Å². The van der Waals surface area contributed by atoms with Crippen LogP contribution in [0.3, 0.4) is 0 Å². The largest absolute Gasteiger partial charge is 0.0880 e. The first kappa shape index (κ1) is 34.2. The van der Waals surface area contributed by atoms with Gasteiger partial charge in [0.1, 0.15) is 0 Å². The summed E-state index contributed by atoms with van der Waals surface area (Å²) >= 11 is 0. The van der Waals surface area contributed by atoms with E-state index in [1.807, 2.05) is 0 Å². The average molecular weight is 735 g/mol. The smallest absolute Gasteiger partial charge is 0.0165 e. The fourth-order valence-electron chi connectivity index (χ4n) is 9.86. The zero-order valence-corrected chi connectivity index (χ0v) is 34.1. The van der Waals surface area contributed by atoms with Crippen molar-refractivity contribution in [1.82, 2.24) is 0 Å². The lowest BCUT2D eigenvalue weighted by atomic mass is 9.85. The van der Waals surface area contributed by atoms with Gasteiger partial charge in [-0.2, -0.15) is 0 Å². The van der Waals surface area contributed by atoms with Crippen molar-refractivity contribution in [3.63, 3.8) is 0 Å². The minimum atomic E-state index is -0.557. The Morgan fingerprint density at radius 1 is 0.389 bits per heavy atom. The molecule has 2 aliphatic rings. The molecule has 266 valence electrons. The van der Waals surface area contributed by atoms with Gasteiger partial charge in [0, 0.05) is 11.3 Å². The van der Waals surface area contributed by atoms with Crippen molar-refractivity contribution in [2.24, 2.45) is 0 Å². The molecule has 0 saturated carbocycles. The zero-order valence-electron chi connectivity index (χ0n) is 32.3. The van der Waals surface area contributed by atoms with E-state index < -0.39 is 15.8 Å². The SMILES string of the molecule is CC(C)(C)P1Cc2ccc3ccccc3c2-c2cc3ccccc3cc2[C@@H]1[C@H]1c2cc3ccccc3cc2-c2c(ccc3ccccc23)CP1C(C)(C)C. The summed E-state index contributed by atoms with van der Waals surface area (Å²) in [6.07, 6.45) is 2.24. The Bertz CT molecular complexity index is 2580. The molecule has 0 fully saturated rings. The Hall–Kier alpha value is -4.34. The lowest BCUT2D eigenvalue weighted by molar-refractivity contribution is 0.723. The van der Waals surface area contributed by atoms with Crippen molar-refractivity contribution in [2.75, 3.05) is 0 Å². The first-order chi connectivity index (χ1) is 26.0. The Morgan fingerprint density at radius 3 is 1.09 bits per heavy atom. The molecule has 2 heteroatoms. The molecular weight excluding hydrogens is 687 g/mol. The summed E-state index contributed by atoms with van der Waals surface area (Å²) in [6.45, 7) is 15.3. The Morgan fingerprint density at radius 2 is 0.722 bits per heavy atom. The zero-order chi connectivity index (χ0) is 36.9. The minimum Gasteiger partial charge on any atom is -0.0880 e. The maximum Gasteiger partial charge on any atom is 0.0165 e. The highest BCUT2D eigenvalue weighted by Gasteiger charge is 2.48. The molecule has 0 aromatic heterocycles. The van der Waals surface area contributed by atoms with E-state index in [1.165, 1.54) is 76.5 Å². The Balaban J connectivity index is 1.37. The second-order valence-corrected chi connectivity index (χ2v) is 24.0. The van der Waals surface area contributed by atoms with Crippen molar-refractivity contribution >= 4 is 58.9 Å². The molecule has 0 nitrogen and oxygen atoms in total. The average Bonchev–Trinajstić information content (AvgIpc) is 3.40. The third-order valence-corrected chi connectivity index (χ3v) is 20.0. The van der Waals surface area contributed by atoms with Gasteiger partial charge < -0.3 is 0 Å². The van der Waals surface area contributed by atoms with Crippen molar-refractivity contribution in [2.45, 2.75) is 75.5 Å². The summed E-state index contributed by atoms with van der Waals surface area (Å²) in [7, 11) is -1.11. The summed E-state index contributed by atoms with van der Waals surface area (Å²) in [6, 6.07) is 56.7. The van der Waals surface area contributed by atoms with E-state index in [9.17, 15) is 0 Å². The van der Waals surface area contributed by atoms with Crippen molar-refractivity contribution in [3.8, 4) is 22.3 Å². The van der Waals surface area contributed by atoms with Crippen LogP contribution in [0, 0.1) is 0 Å². The Kier molecular flexibility index (Phi) is 7.97. The number of benzene rings is 8. The molecular formula is C52H48P2. The maximum atomic E-state index is 2.65. The van der Waals surface area contributed by atoms with Gasteiger partial charge in [-0.25, -0.2) is 0 Å². The quantitative estimate of drug-likeness (QED) is 0.147. The first-order valence-electron chi connectivity index (χ1n) is 19.7. The highest BCUT2D eigenvalue weighted by atomic mass is 31.1. The number of hydrogen-bond acceptors (Lipinski definition) is 0. The first-order valence-corrected chi connectivity index (χ1v) is 22.8. The van der Waals surface area contributed by atoms with Gasteiger partial charge in [0.15, 0.2) is 0 Å². The molecule has 0 radical (unpaired) electrons. The Labute approximate surface area is 323 Å². The van der Waals surface area contributed by atoms with E-state index in [-0.39, 0.29) is 10.3 Å². The summed E-state index contributed by atoms with van der Waals surface area (Å²) in [4.78, 5) is 0. The number of fused-ring (bicyclic) bond motifs is 12. The van der Waals surface area contributed by atoms with E-state index >= 15 is 0 Å². The molecule has 2 unspecified atom stereocenters. The monoisotopic (exact) mass is 734 g/mol. The van der Waals surface area contributed by atoms with Gasteiger partial charge in [-0.15, -0.1) is 0 Å². The molecule has 0 N–H and O–H groups in total. The number of hydrogen-bond donors (Lipinski definition) is 0. The second kappa shape index (κ2) is 12.6. The van der Waals surface area contributed by atoms with Crippen LogP contribution in [0.5, 0.6) is 0 Å². The molecule has 8 aromatic rings. The predicted octanol–water partition coefficient (Wildman–Crippen LogP) is 16.0. The molecule has 2 aliphatic heterocycles. The second-order valence-electron chi connectivity index (χ2n) is 17.7. The van der Waals surface area contributed by atoms with Crippen LogP contribution in [0.2, 0.25) is 0 Å². The highest BCUT2D eigenvalue weighted by Crippen LogP contribution is 2.79. The van der Waals surface area contributed by atoms with Crippen molar-refractivity contribution < 1.29 is 0 Å². The molecule has 2 heterocycles. The van der Waals surface area contributed by atoms with Gasteiger partial charge in [-0.3, -0.25) is 0 Å². The van der Waals surface area contributed by atoms with Crippen LogP contribution in [0.4, 0.5) is 0 Å². The van der Waals surface area contributed by atoms with Crippen molar-refractivity contribution in [3.05, 3.63) is 168 Å². The predicted molar refractivity (Wildman–Crippen MR) is 240 cm³/mol. The van der Waals surface area contributed by atoms with Crippen LogP contribution in [-0.4, -0.2) is 10.3 Å². The third kappa shape index (κ3) is 5.48. The van der Waals surface area contributed by atoms with Gasteiger partial charge in [0.2, 0.25) is 0 Å². The lowest BCUT2D eigenvalue weighted by Gasteiger charge is -2.48. The van der Waals surface area contributed by atoms with Crippen LogP contribution in [0.1, 0.15) is 75.1 Å². The fourth-order valence-corrected chi connectivity index (χ4v) is 17.2. The van der Waals surface area contributed by atoms with Gasteiger partial charge in [-0.05, 0) is 134 Å². The third-order valence-electron chi connectivity index (χ3n) is 12.4. The topological polar surface area (TPSA) is 0 Å². The van der Waals surface area contributed by atoms with Gasteiger partial charge >= 0.3 is 0 Å². The molecule has 4 atom stereocenters. The lowest BCUT2D eigenvalue weighted by Crippen LogP contribution is -2.25. The minimum absolute atomic E-state index is 0.123. The molecule has 0 spiro atoms. The molecule has 0 saturated heterocycles. The van der Waals surface area contributed by atoms with Gasteiger partial charge in [-0.1, -0.05) is 179 Å². The van der Waals surface area contributed by atoms with Crippen LogP contribution in [0.25, 0.3) is 65.3 Å². The molecule has 10 rings (SSSR count). The molecule has 8 aromatic carbocycles. The van der Waals surface area contributed by atoms with E-state index in [2.05, 4.69) is 187 Å². The summed E-state index contributed by atoms with van der Waals surface area (Å²) in [5, 5.41) is 11.1. The maximum absolute atomic E-state index is 2.65. The van der Waals surface area contributed by atoms with Crippen LogP contribution in [-0.2, 0) is 12.3 Å². The molecule has 0 amide bonds. The molecule has 54 heavy (non-hydrogen) atoms. The van der Waals surface area contributed by atoms with Crippen LogP contribution in [0.15, 0.2) is 146 Å². The van der Waals surface area contributed by atoms with Crippen LogP contribution < -0.4 is 0 Å². The summed E-state index contributed by atoms with van der Waals surface area (Å²) in [5.74, 6) is 0. The summed E-state index contributed by atoms with van der Waals surface area (Å²) in [5.41, 5.74) is 12.8. The summed E-state index contributed by atoms with van der Waals surface area (Å²) < 4.78 is 0. The van der Waals surface area contributed by atoms with Crippen molar-refractivity contribution in [1.29, 1.82) is 0 Å². The van der Waals surface area contributed by atoms with E-state index in [0.29, 0.717) is 11.3 Å². The highest BCUT2D eigenvalue weighted by molar-refractivity contribution is 7.63. The van der Waals surface area contributed by atoms with E-state index in [1.54, 1.807) is 11.1 Å². The molecule has 0 aliphatic carbocycles. The van der Waals surface area contributed by atoms with Gasteiger partial charge in [0.25, 0.3) is 0 Å². The molecule has 0 bridgehead atoms. The van der Waals surface area contributed by atoms with Crippen LogP contribution >= 0.6 is 15.8 Å². The van der Waals surface area contributed by atoms with Gasteiger partial charge in [0.05, 0.1) is 0 Å². The normalized spacial score (nSPS) is 19.9. The fraction of sp³-hybridized carbons (Fsp3) is 0.231. The van der Waals surface area contributed by atoms with E-state index in [4.69, 9.17) is 0 Å².